The Kier molecular flexibility index (Phi) is 2.07. The van der Waals surface area contributed by atoms with Crippen molar-refractivity contribution in [3.8, 4) is 0 Å². The molecule has 4 aromatic rings. The summed E-state index contributed by atoms with van der Waals surface area (Å²) >= 11 is 0.451. The molecule has 2 aromatic carbocycles. The molecule has 0 atom stereocenters. The number of rotatable bonds is 0. The summed E-state index contributed by atoms with van der Waals surface area (Å²) in [7, 11) is 0. The summed E-state index contributed by atoms with van der Waals surface area (Å²) in [6.45, 7) is 0. The van der Waals surface area contributed by atoms with Crippen LogP contribution in [0.2, 0.25) is 0 Å². The number of hydrogen-bond donors (Lipinski definition) is 0. The van der Waals surface area contributed by atoms with Gasteiger partial charge in [0.1, 0.15) is 0 Å². The van der Waals surface area contributed by atoms with Gasteiger partial charge in [0.25, 0.3) is 0 Å². The molecule has 0 amide bonds. The predicted molar refractivity (Wildman–Crippen MR) is 72.8 cm³/mol. The molecule has 0 aliphatic carbocycles. The van der Waals surface area contributed by atoms with Crippen LogP contribution in [-0.2, 0) is 0 Å². The van der Waals surface area contributed by atoms with Gasteiger partial charge in [0.05, 0.1) is 0 Å². The zero-order chi connectivity index (χ0) is 10.5. The molecule has 0 saturated carbocycles. The van der Waals surface area contributed by atoms with E-state index in [1.165, 1.54) is 0 Å². The Morgan fingerprint density at radius 3 is 2.50 bits per heavy atom. The normalized spacial score (nSPS) is 11.8. The van der Waals surface area contributed by atoms with Gasteiger partial charge in [-0.05, 0) is 0 Å². The van der Waals surface area contributed by atoms with E-state index in [1.54, 1.807) is 26.1 Å². The molecule has 0 bridgehead atoms. The van der Waals surface area contributed by atoms with Gasteiger partial charge in [-0.25, -0.2) is 0 Å². The topological polar surface area (TPSA) is 0 Å². The van der Waals surface area contributed by atoms with Crippen molar-refractivity contribution in [1.82, 2.24) is 0 Å². The SMILES string of the molecule is c1ccc2c(c1)[se]c1c3ccccc3[te]c21. The Bertz CT molecular complexity index is 737. The maximum atomic E-state index is 2.33. The van der Waals surface area contributed by atoms with E-state index in [1.807, 2.05) is 0 Å². The molecule has 0 saturated heterocycles. The van der Waals surface area contributed by atoms with Gasteiger partial charge >= 0.3 is 110 Å². The molecule has 0 aliphatic heterocycles. The zero-order valence-electron chi connectivity index (χ0n) is 8.44. The van der Waals surface area contributed by atoms with Crippen molar-refractivity contribution >= 4 is 61.0 Å². The van der Waals surface area contributed by atoms with Gasteiger partial charge < -0.3 is 0 Å². The van der Waals surface area contributed by atoms with Crippen LogP contribution in [0, 0.1) is 0 Å². The Balaban J connectivity index is 2.35. The van der Waals surface area contributed by atoms with Crippen LogP contribution in [0.25, 0.3) is 26.1 Å². The molecule has 2 heterocycles. The van der Waals surface area contributed by atoms with Crippen LogP contribution in [0.15, 0.2) is 48.5 Å². The minimum atomic E-state index is -0.107. The standard InChI is InChI=1S/C14H8SeTe/c1-3-7-11-9(5-1)14-13(15-11)10-6-2-4-8-12(10)16-14/h1-8H. The summed E-state index contributed by atoms with van der Waals surface area (Å²) < 4.78 is 6.66. The number of hydrogen-bond acceptors (Lipinski definition) is 0. The third-order valence-corrected chi connectivity index (χ3v) is 9.76. The minimum absolute atomic E-state index is 0.107. The van der Waals surface area contributed by atoms with E-state index in [0.29, 0.717) is 14.5 Å². The van der Waals surface area contributed by atoms with E-state index in [9.17, 15) is 0 Å². The summed E-state index contributed by atoms with van der Waals surface area (Å²) in [6.07, 6.45) is 0. The van der Waals surface area contributed by atoms with Crippen LogP contribution in [-0.4, -0.2) is 34.9 Å². The van der Waals surface area contributed by atoms with Crippen molar-refractivity contribution in [2.45, 2.75) is 0 Å². The number of fused-ring (bicyclic) bond motifs is 5. The fourth-order valence-corrected chi connectivity index (χ4v) is 9.89. The molecular weight excluding hydrogens is 375 g/mol. The van der Waals surface area contributed by atoms with Crippen LogP contribution in [0.5, 0.6) is 0 Å². The summed E-state index contributed by atoms with van der Waals surface area (Å²) in [5, 5.41) is 3.13. The second kappa shape index (κ2) is 3.49. The van der Waals surface area contributed by atoms with Crippen LogP contribution in [0.4, 0.5) is 0 Å². The predicted octanol–water partition coefficient (Wildman–Crippen LogP) is 3.26. The zero-order valence-corrected chi connectivity index (χ0v) is 12.5. The van der Waals surface area contributed by atoms with Gasteiger partial charge in [0.15, 0.2) is 0 Å². The second-order valence-corrected chi connectivity index (χ2v) is 9.07. The van der Waals surface area contributed by atoms with Gasteiger partial charge in [-0.15, -0.1) is 0 Å². The summed E-state index contributed by atoms with van der Waals surface area (Å²) in [5.41, 5.74) is 0. The monoisotopic (exact) mass is 386 g/mol. The summed E-state index contributed by atoms with van der Waals surface area (Å²) in [6, 6.07) is 18.0. The van der Waals surface area contributed by atoms with Crippen molar-refractivity contribution < 1.29 is 0 Å². The van der Waals surface area contributed by atoms with E-state index >= 15 is 0 Å². The Morgan fingerprint density at radius 2 is 1.56 bits per heavy atom. The molecule has 0 unspecified atom stereocenters. The third kappa shape index (κ3) is 1.22. The number of benzene rings is 2. The Morgan fingerprint density at radius 1 is 0.812 bits per heavy atom. The van der Waals surface area contributed by atoms with Crippen molar-refractivity contribution in [3.63, 3.8) is 0 Å². The van der Waals surface area contributed by atoms with Crippen LogP contribution in [0.3, 0.4) is 0 Å². The first-order chi connectivity index (χ1) is 7.93. The molecule has 0 fully saturated rings. The van der Waals surface area contributed by atoms with Gasteiger partial charge in [0.2, 0.25) is 0 Å². The molecule has 2 heteroatoms. The van der Waals surface area contributed by atoms with Crippen LogP contribution in [0.1, 0.15) is 0 Å². The molecule has 0 N–H and O–H groups in total. The fourth-order valence-electron chi connectivity index (χ4n) is 2.15. The Labute approximate surface area is 109 Å². The molecule has 2 aromatic heterocycles. The summed E-state index contributed by atoms with van der Waals surface area (Å²) in [4.78, 5) is 0. The van der Waals surface area contributed by atoms with Crippen molar-refractivity contribution in [2.75, 3.05) is 0 Å². The van der Waals surface area contributed by atoms with Gasteiger partial charge in [0, 0.05) is 0 Å². The van der Waals surface area contributed by atoms with Crippen molar-refractivity contribution in [1.29, 1.82) is 0 Å². The Hall–Kier alpha value is -0.511. The first kappa shape index (κ1) is 9.51. The van der Waals surface area contributed by atoms with Gasteiger partial charge in [-0.1, -0.05) is 0 Å². The average molecular weight is 383 g/mol. The van der Waals surface area contributed by atoms with Crippen LogP contribution < -0.4 is 0 Å². The molecular formula is C14H8SeTe. The quantitative estimate of drug-likeness (QED) is 0.410. The molecule has 0 aliphatic rings. The molecule has 0 nitrogen and oxygen atoms in total. The molecule has 16 heavy (non-hydrogen) atoms. The second-order valence-electron chi connectivity index (χ2n) is 3.85. The molecule has 0 radical (unpaired) electrons. The first-order valence-corrected chi connectivity index (χ1v) is 9.26. The third-order valence-electron chi connectivity index (χ3n) is 2.89. The summed E-state index contributed by atoms with van der Waals surface area (Å²) in [5.74, 6) is 0. The van der Waals surface area contributed by atoms with Crippen molar-refractivity contribution in [3.05, 3.63) is 48.5 Å². The molecule has 4 rings (SSSR count). The van der Waals surface area contributed by atoms with E-state index in [4.69, 9.17) is 0 Å². The average Bonchev–Trinajstić information content (AvgIpc) is 2.85. The maximum absolute atomic E-state index is 2.33. The molecule has 76 valence electrons. The van der Waals surface area contributed by atoms with Gasteiger partial charge in [-0.3, -0.25) is 0 Å². The molecule has 0 spiro atoms. The van der Waals surface area contributed by atoms with Gasteiger partial charge in [-0.2, -0.15) is 0 Å². The van der Waals surface area contributed by atoms with E-state index in [2.05, 4.69) is 48.5 Å². The van der Waals surface area contributed by atoms with E-state index in [0.717, 1.165) is 0 Å². The fraction of sp³-hybridized carbons (Fsp3) is 0. The van der Waals surface area contributed by atoms with E-state index < -0.39 is 0 Å². The van der Waals surface area contributed by atoms with Crippen molar-refractivity contribution in [2.24, 2.45) is 0 Å². The van der Waals surface area contributed by atoms with E-state index in [-0.39, 0.29) is 20.4 Å². The van der Waals surface area contributed by atoms with Crippen LogP contribution >= 0.6 is 0 Å². The first-order valence-electron chi connectivity index (χ1n) is 5.22.